The van der Waals surface area contributed by atoms with Crippen molar-refractivity contribution in [3.05, 3.63) is 23.8 Å². The van der Waals surface area contributed by atoms with E-state index in [1.165, 1.54) is 12.2 Å². The van der Waals surface area contributed by atoms with Crippen LogP contribution in [0.25, 0.3) is 0 Å². The van der Waals surface area contributed by atoms with E-state index in [0.29, 0.717) is 30.7 Å². The highest BCUT2D eigenvalue weighted by Gasteiger charge is 2.74. The number of ether oxygens (including phenoxy) is 1. The predicted octanol–water partition coefficient (Wildman–Crippen LogP) is 0.963. The van der Waals surface area contributed by atoms with Gasteiger partial charge in [-0.1, -0.05) is 19.9 Å². The van der Waals surface area contributed by atoms with Crippen LogP contribution in [0.2, 0.25) is 0 Å². The van der Waals surface area contributed by atoms with Crippen LogP contribution in [0.15, 0.2) is 28.8 Å². The lowest BCUT2D eigenvalue weighted by atomic mass is 9.45. The number of allylic oxidation sites excluding steroid dienone is 3. The highest BCUT2D eigenvalue weighted by atomic mass is 16.5. The van der Waals surface area contributed by atoms with Crippen LogP contribution in [0.4, 0.5) is 0 Å². The predicted molar refractivity (Wildman–Crippen MR) is 108 cm³/mol. The van der Waals surface area contributed by atoms with Gasteiger partial charge in [-0.15, -0.1) is 0 Å². The van der Waals surface area contributed by atoms with E-state index in [1.54, 1.807) is 6.92 Å². The average Bonchev–Trinajstić information content (AvgIpc) is 3.13. The number of ketones is 2. The Morgan fingerprint density at radius 1 is 1.30 bits per heavy atom. The van der Waals surface area contributed by atoms with Crippen LogP contribution >= 0.6 is 0 Å². The second-order valence-electron chi connectivity index (χ2n) is 10.2. The highest BCUT2D eigenvalue weighted by molar-refractivity contribution is 6.01. The number of aliphatic imine (C=N–C) groups is 1. The molecule has 1 heterocycles. The Hall–Kier alpha value is -1.83. The fourth-order valence-corrected chi connectivity index (χ4v) is 7.86. The Kier molecular flexibility index (Phi) is 4.09. The summed E-state index contributed by atoms with van der Waals surface area (Å²) < 4.78 is 5.96. The van der Waals surface area contributed by atoms with E-state index in [1.807, 2.05) is 19.9 Å². The maximum absolute atomic E-state index is 13.1. The van der Waals surface area contributed by atoms with Gasteiger partial charge in [-0.05, 0) is 48.8 Å². The minimum atomic E-state index is -1.21. The third-order valence-corrected chi connectivity index (χ3v) is 8.92. The van der Waals surface area contributed by atoms with Crippen LogP contribution in [0, 0.1) is 28.6 Å². The molecule has 7 nitrogen and oxygen atoms in total. The zero-order valence-corrected chi connectivity index (χ0v) is 17.5. The number of carbonyl (C=O) groups excluding carboxylic acids is 2. The number of rotatable bonds is 2. The maximum Gasteiger partial charge on any atom is 0.190 e. The molecule has 0 radical (unpaired) electrons. The number of nitrogens with zero attached hydrogens (tertiary/aromatic N) is 1. The van der Waals surface area contributed by atoms with Crippen molar-refractivity contribution in [2.45, 2.75) is 63.9 Å². The first-order valence-electron chi connectivity index (χ1n) is 10.8. The van der Waals surface area contributed by atoms with Gasteiger partial charge in [-0.3, -0.25) is 9.59 Å². The number of Topliss-reactive ketones (excluding diaryl/α,β-unsaturated/α-hetero) is 1. The molecule has 5 rings (SSSR count). The van der Waals surface area contributed by atoms with Crippen molar-refractivity contribution in [3.8, 4) is 0 Å². The van der Waals surface area contributed by atoms with E-state index < -0.39 is 41.3 Å². The molecule has 3 N–H and O–H groups in total. The molecule has 0 amide bonds. The van der Waals surface area contributed by atoms with E-state index in [4.69, 9.17) is 4.74 Å². The second kappa shape index (κ2) is 6.11. The fourth-order valence-electron chi connectivity index (χ4n) is 7.86. The van der Waals surface area contributed by atoms with Gasteiger partial charge < -0.3 is 20.1 Å². The van der Waals surface area contributed by atoms with E-state index in [0.717, 1.165) is 0 Å². The highest BCUT2D eigenvalue weighted by Crippen LogP contribution is 2.69. The van der Waals surface area contributed by atoms with Gasteiger partial charge in [0, 0.05) is 23.7 Å². The molecule has 0 spiro atoms. The van der Waals surface area contributed by atoms with Crippen molar-refractivity contribution in [1.82, 2.24) is 0 Å². The summed E-state index contributed by atoms with van der Waals surface area (Å²) in [7, 11) is 0. The molecule has 0 aromatic carbocycles. The smallest absolute Gasteiger partial charge is 0.190 e. The second-order valence-corrected chi connectivity index (χ2v) is 10.2. The average molecular weight is 415 g/mol. The van der Waals surface area contributed by atoms with E-state index in [9.17, 15) is 24.9 Å². The molecule has 5 aliphatic rings. The Balaban J connectivity index is 1.63. The summed E-state index contributed by atoms with van der Waals surface area (Å²) in [6.07, 6.45) is 4.23. The molecular weight excluding hydrogens is 386 g/mol. The molecule has 3 fully saturated rings. The molecule has 7 heteroatoms. The van der Waals surface area contributed by atoms with Gasteiger partial charge in [0.15, 0.2) is 23.0 Å². The van der Waals surface area contributed by atoms with Crippen molar-refractivity contribution in [2.24, 2.45) is 33.6 Å². The first kappa shape index (κ1) is 20.1. The number of aliphatic hydroxyl groups excluding tert-OH is 3. The lowest BCUT2D eigenvalue weighted by molar-refractivity contribution is -0.150. The summed E-state index contributed by atoms with van der Waals surface area (Å²) in [5.41, 5.74) is -1.85. The van der Waals surface area contributed by atoms with Crippen molar-refractivity contribution in [2.75, 3.05) is 6.61 Å². The van der Waals surface area contributed by atoms with Gasteiger partial charge in [0.25, 0.3) is 0 Å². The molecule has 0 saturated heterocycles. The molecule has 3 saturated carbocycles. The first-order chi connectivity index (χ1) is 14.1. The summed E-state index contributed by atoms with van der Waals surface area (Å²) in [6, 6.07) is 0. The van der Waals surface area contributed by atoms with Crippen LogP contribution in [0.3, 0.4) is 0 Å². The standard InChI is InChI=1S/C23H29NO6/c1-11-24-23(18(29)10-25)19(30-11)8-14-13-7-16(27)15-6-12(26)4-5-21(15,2)20(13)17(28)9-22(14,23)3/h4-6,13-14,16-17,19-20,25,27-28H,7-10H2,1-3H3/t13-,14-,16+,17-,19+,20+,21-,22-,23+/m0/s1. The fraction of sp³-hybridized carbons (Fsp3) is 0.696. The maximum atomic E-state index is 13.1. The van der Waals surface area contributed by atoms with Gasteiger partial charge >= 0.3 is 0 Å². The van der Waals surface area contributed by atoms with Crippen molar-refractivity contribution in [3.63, 3.8) is 0 Å². The van der Waals surface area contributed by atoms with E-state index >= 15 is 0 Å². The number of fused-ring (bicyclic) bond motifs is 7. The van der Waals surface area contributed by atoms with E-state index in [-0.39, 0.29) is 29.3 Å². The molecule has 4 aliphatic carbocycles. The van der Waals surface area contributed by atoms with Gasteiger partial charge in [0.1, 0.15) is 12.7 Å². The number of carbonyl (C=O) groups is 2. The third-order valence-electron chi connectivity index (χ3n) is 8.92. The van der Waals surface area contributed by atoms with Crippen LogP contribution in [0.1, 0.15) is 40.0 Å². The van der Waals surface area contributed by atoms with E-state index in [2.05, 4.69) is 4.99 Å². The van der Waals surface area contributed by atoms with Crippen LogP contribution in [0.5, 0.6) is 0 Å². The zero-order valence-electron chi connectivity index (χ0n) is 17.5. The van der Waals surface area contributed by atoms with Gasteiger partial charge in [-0.25, -0.2) is 4.99 Å². The number of aliphatic hydroxyl groups is 3. The summed E-state index contributed by atoms with van der Waals surface area (Å²) >= 11 is 0. The summed E-state index contributed by atoms with van der Waals surface area (Å²) in [6.45, 7) is 5.06. The number of hydrogen-bond donors (Lipinski definition) is 3. The molecule has 9 atom stereocenters. The minimum Gasteiger partial charge on any atom is -0.475 e. The summed E-state index contributed by atoms with van der Waals surface area (Å²) in [5, 5.41) is 32.2. The summed E-state index contributed by atoms with van der Waals surface area (Å²) in [4.78, 5) is 29.7. The Bertz CT molecular complexity index is 923. The van der Waals surface area contributed by atoms with Gasteiger partial charge in [-0.2, -0.15) is 0 Å². The lowest BCUT2D eigenvalue weighted by Crippen LogP contribution is -2.63. The Morgan fingerprint density at radius 3 is 2.73 bits per heavy atom. The van der Waals surface area contributed by atoms with Crippen LogP contribution < -0.4 is 0 Å². The quantitative estimate of drug-likeness (QED) is 0.619. The van der Waals surface area contributed by atoms with Crippen molar-refractivity contribution < 1.29 is 29.6 Å². The number of hydrogen-bond acceptors (Lipinski definition) is 7. The molecule has 1 aliphatic heterocycles. The Labute approximate surface area is 175 Å². The Morgan fingerprint density at radius 2 is 2.03 bits per heavy atom. The van der Waals surface area contributed by atoms with Crippen molar-refractivity contribution >= 4 is 17.5 Å². The molecule has 0 bridgehead atoms. The van der Waals surface area contributed by atoms with Crippen molar-refractivity contribution in [1.29, 1.82) is 0 Å². The van der Waals surface area contributed by atoms with Crippen LogP contribution in [-0.2, 0) is 14.3 Å². The third kappa shape index (κ3) is 2.18. The van der Waals surface area contributed by atoms with Crippen LogP contribution in [-0.4, -0.2) is 63.2 Å². The monoisotopic (exact) mass is 415 g/mol. The topological polar surface area (TPSA) is 116 Å². The zero-order chi connectivity index (χ0) is 21.6. The molecule has 0 aromatic heterocycles. The molecular formula is C23H29NO6. The molecule has 162 valence electrons. The minimum absolute atomic E-state index is 0.0118. The first-order valence-corrected chi connectivity index (χ1v) is 10.8. The summed E-state index contributed by atoms with van der Waals surface area (Å²) in [5.74, 6) is -0.334. The largest absolute Gasteiger partial charge is 0.475 e. The van der Waals surface area contributed by atoms with Gasteiger partial charge in [0.05, 0.1) is 12.2 Å². The normalized spacial score (nSPS) is 51.2. The molecule has 30 heavy (non-hydrogen) atoms. The lowest BCUT2D eigenvalue weighted by Gasteiger charge is -2.60. The molecule has 0 unspecified atom stereocenters. The SMILES string of the molecule is CC1=N[C@]2(C(=O)CO)[C@@H](C[C@H]3[C@@H]4C[C@@H](O)C5=CC(=O)C=C[C@]5(C)[C@H]4[C@@H](O)C[C@@]32C)O1. The van der Waals surface area contributed by atoms with Gasteiger partial charge in [0.2, 0.25) is 0 Å². The molecule has 0 aromatic rings.